The van der Waals surface area contributed by atoms with E-state index in [4.69, 9.17) is 9.47 Å². The summed E-state index contributed by atoms with van der Waals surface area (Å²) in [5.41, 5.74) is 0.229. The average Bonchev–Trinajstić information content (AvgIpc) is 3.05. The summed E-state index contributed by atoms with van der Waals surface area (Å²) in [6.45, 7) is 6.22. The predicted molar refractivity (Wildman–Crippen MR) is 104 cm³/mol. The van der Waals surface area contributed by atoms with Gasteiger partial charge in [0.05, 0.1) is 12.0 Å². The topological polar surface area (TPSA) is 96.4 Å². The maximum Gasteiger partial charge on any atom is 0.410 e. The van der Waals surface area contributed by atoms with Gasteiger partial charge in [-0.2, -0.15) is 0 Å². The van der Waals surface area contributed by atoms with Crippen LogP contribution >= 0.6 is 0 Å². The molecule has 2 aliphatic heterocycles. The van der Waals surface area contributed by atoms with E-state index in [1.165, 1.54) is 4.90 Å². The van der Waals surface area contributed by atoms with Gasteiger partial charge in [-0.1, -0.05) is 30.3 Å². The van der Waals surface area contributed by atoms with E-state index in [0.29, 0.717) is 13.0 Å². The summed E-state index contributed by atoms with van der Waals surface area (Å²) in [5.74, 6) is -1.80. The van der Waals surface area contributed by atoms with Crippen molar-refractivity contribution in [1.82, 2.24) is 9.80 Å². The number of amides is 2. The maximum atomic E-state index is 12.7. The van der Waals surface area contributed by atoms with Gasteiger partial charge in [0.25, 0.3) is 0 Å². The minimum atomic E-state index is -0.927. The molecule has 0 bridgehead atoms. The quantitative estimate of drug-likeness (QED) is 0.832. The SMILES string of the molecule is CC(C)(C)OC(=O)N1CCC2C(C(=O)O)CN(C(=O)OCc3ccccc3)C2C1. The highest BCUT2D eigenvalue weighted by molar-refractivity contribution is 5.76. The Balaban J connectivity index is 1.70. The smallest absolute Gasteiger partial charge is 0.410 e. The third-order valence-electron chi connectivity index (χ3n) is 5.35. The van der Waals surface area contributed by atoms with Crippen LogP contribution in [-0.2, 0) is 20.9 Å². The van der Waals surface area contributed by atoms with E-state index in [1.807, 2.05) is 30.3 Å². The van der Waals surface area contributed by atoms with E-state index in [2.05, 4.69) is 0 Å². The zero-order valence-corrected chi connectivity index (χ0v) is 17.0. The molecule has 0 spiro atoms. The van der Waals surface area contributed by atoms with Gasteiger partial charge in [0.15, 0.2) is 0 Å². The molecule has 0 radical (unpaired) electrons. The Morgan fingerprint density at radius 1 is 1.10 bits per heavy atom. The Labute approximate surface area is 170 Å². The summed E-state index contributed by atoms with van der Waals surface area (Å²) in [6.07, 6.45) is -0.505. The normalized spacial score (nSPS) is 24.0. The number of fused-ring (bicyclic) bond motifs is 1. The van der Waals surface area contributed by atoms with Crippen LogP contribution < -0.4 is 0 Å². The third-order valence-corrected chi connectivity index (χ3v) is 5.35. The Bertz CT molecular complexity index is 760. The van der Waals surface area contributed by atoms with Crippen LogP contribution in [0.2, 0.25) is 0 Å². The van der Waals surface area contributed by atoms with E-state index < -0.39 is 35.7 Å². The summed E-state index contributed by atoms with van der Waals surface area (Å²) < 4.78 is 10.9. The van der Waals surface area contributed by atoms with Crippen LogP contribution in [0.15, 0.2) is 30.3 Å². The number of likely N-dealkylation sites (tertiary alicyclic amines) is 2. The van der Waals surface area contributed by atoms with Crippen molar-refractivity contribution in [3.05, 3.63) is 35.9 Å². The fourth-order valence-corrected chi connectivity index (χ4v) is 4.00. The second-order valence-corrected chi connectivity index (χ2v) is 8.58. The Kier molecular flexibility index (Phi) is 6.00. The van der Waals surface area contributed by atoms with Gasteiger partial charge >= 0.3 is 18.2 Å². The number of aliphatic carboxylic acids is 1. The number of carboxylic acids is 1. The highest BCUT2D eigenvalue weighted by atomic mass is 16.6. The van der Waals surface area contributed by atoms with Gasteiger partial charge in [-0.3, -0.25) is 4.79 Å². The molecular formula is C21H28N2O6. The van der Waals surface area contributed by atoms with Crippen molar-refractivity contribution in [3.8, 4) is 0 Å². The molecule has 2 fully saturated rings. The van der Waals surface area contributed by atoms with Crippen molar-refractivity contribution in [2.24, 2.45) is 11.8 Å². The van der Waals surface area contributed by atoms with E-state index in [9.17, 15) is 19.5 Å². The molecule has 8 heteroatoms. The first kappa shape index (κ1) is 21.0. The molecule has 8 nitrogen and oxygen atoms in total. The van der Waals surface area contributed by atoms with E-state index >= 15 is 0 Å². The van der Waals surface area contributed by atoms with Crippen molar-refractivity contribution in [3.63, 3.8) is 0 Å². The number of carboxylic acid groups (broad SMARTS) is 1. The minimum Gasteiger partial charge on any atom is -0.481 e. The number of nitrogens with zero attached hydrogens (tertiary/aromatic N) is 2. The number of benzene rings is 1. The van der Waals surface area contributed by atoms with Gasteiger partial charge in [-0.25, -0.2) is 9.59 Å². The Morgan fingerprint density at radius 2 is 1.79 bits per heavy atom. The number of carbonyl (C=O) groups is 3. The van der Waals surface area contributed by atoms with E-state index in [0.717, 1.165) is 5.56 Å². The molecule has 1 aromatic rings. The fraction of sp³-hybridized carbons (Fsp3) is 0.571. The molecule has 0 saturated carbocycles. The first-order valence-electron chi connectivity index (χ1n) is 9.84. The molecule has 3 unspecified atom stereocenters. The number of carbonyl (C=O) groups excluding carboxylic acids is 2. The summed E-state index contributed by atoms with van der Waals surface area (Å²) in [5, 5.41) is 9.60. The summed E-state index contributed by atoms with van der Waals surface area (Å²) in [6, 6.07) is 8.89. The van der Waals surface area contributed by atoms with Crippen LogP contribution in [-0.4, -0.2) is 64.3 Å². The predicted octanol–water partition coefficient (Wildman–Crippen LogP) is 2.97. The zero-order valence-electron chi connectivity index (χ0n) is 17.0. The van der Waals surface area contributed by atoms with Crippen LogP contribution in [0.25, 0.3) is 0 Å². The van der Waals surface area contributed by atoms with Gasteiger partial charge in [0.1, 0.15) is 12.2 Å². The number of hydrogen-bond donors (Lipinski definition) is 1. The minimum absolute atomic E-state index is 0.0838. The molecule has 1 N–H and O–H groups in total. The second-order valence-electron chi connectivity index (χ2n) is 8.58. The van der Waals surface area contributed by atoms with Crippen LogP contribution in [0.3, 0.4) is 0 Å². The van der Waals surface area contributed by atoms with Crippen LogP contribution in [0, 0.1) is 11.8 Å². The van der Waals surface area contributed by atoms with E-state index in [-0.39, 0.29) is 25.6 Å². The lowest BCUT2D eigenvalue weighted by atomic mass is 9.85. The molecule has 158 valence electrons. The number of rotatable bonds is 3. The second kappa shape index (κ2) is 8.31. The third kappa shape index (κ3) is 4.99. The van der Waals surface area contributed by atoms with Gasteiger partial charge < -0.3 is 24.4 Å². The Hall–Kier alpha value is -2.77. The molecule has 2 heterocycles. The van der Waals surface area contributed by atoms with Crippen LogP contribution in [0.5, 0.6) is 0 Å². The average molecular weight is 404 g/mol. The van der Waals surface area contributed by atoms with Crippen LogP contribution in [0.1, 0.15) is 32.8 Å². The van der Waals surface area contributed by atoms with Crippen molar-refractivity contribution in [2.75, 3.05) is 19.6 Å². The number of piperidine rings is 1. The molecule has 2 saturated heterocycles. The van der Waals surface area contributed by atoms with Crippen molar-refractivity contribution < 1.29 is 29.0 Å². The highest BCUT2D eigenvalue weighted by Gasteiger charge is 2.50. The molecule has 29 heavy (non-hydrogen) atoms. The molecule has 2 amide bonds. The molecule has 2 aliphatic rings. The number of hydrogen-bond acceptors (Lipinski definition) is 5. The monoisotopic (exact) mass is 404 g/mol. The number of ether oxygens (including phenoxy) is 2. The first-order valence-corrected chi connectivity index (χ1v) is 9.84. The highest BCUT2D eigenvalue weighted by Crippen LogP contribution is 2.37. The standard InChI is InChI=1S/C21H28N2O6/c1-21(2,3)29-19(26)22-10-9-15-16(18(24)25)11-23(17(15)12-22)20(27)28-13-14-7-5-4-6-8-14/h4-8,15-17H,9-13H2,1-3H3,(H,24,25). The van der Waals surface area contributed by atoms with Crippen molar-refractivity contribution in [1.29, 1.82) is 0 Å². The van der Waals surface area contributed by atoms with E-state index in [1.54, 1.807) is 25.7 Å². The molecule has 1 aromatic carbocycles. The lowest BCUT2D eigenvalue weighted by Crippen LogP contribution is -2.52. The molecule has 0 aromatic heterocycles. The van der Waals surface area contributed by atoms with Gasteiger partial charge in [-0.05, 0) is 38.7 Å². The Morgan fingerprint density at radius 3 is 2.41 bits per heavy atom. The van der Waals surface area contributed by atoms with Gasteiger partial charge in [0, 0.05) is 19.6 Å². The summed E-state index contributed by atoms with van der Waals surface area (Å²) in [7, 11) is 0. The molecule has 0 aliphatic carbocycles. The maximum absolute atomic E-state index is 12.7. The van der Waals surface area contributed by atoms with Gasteiger partial charge in [0.2, 0.25) is 0 Å². The fourth-order valence-electron chi connectivity index (χ4n) is 4.00. The van der Waals surface area contributed by atoms with Gasteiger partial charge in [-0.15, -0.1) is 0 Å². The van der Waals surface area contributed by atoms with Crippen molar-refractivity contribution >= 4 is 18.2 Å². The summed E-state index contributed by atoms with van der Waals surface area (Å²) in [4.78, 5) is 39.9. The summed E-state index contributed by atoms with van der Waals surface area (Å²) >= 11 is 0. The van der Waals surface area contributed by atoms with Crippen molar-refractivity contribution in [2.45, 2.75) is 45.4 Å². The first-order chi connectivity index (χ1) is 13.7. The zero-order chi connectivity index (χ0) is 21.2. The molecular weight excluding hydrogens is 376 g/mol. The largest absolute Gasteiger partial charge is 0.481 e. The lowest BCUT2D eigenvalue weighted by molar-refractivity contribution is -0.142. The van der Waals surface area contributed by atoms with Crippen LogP contribution in [0.4, 0.5) is 9.59 Å². The molecule has 3 atom stereocenters. The lowest BCUT2D eigenvalue weighted by Gasteiger charge is -2.38. The molecule has 3 rings (SSSR count).